The van der Waals surface area contributed by atoms with Crippen molar-refractivity contribution in [3.63, 3.8) is 0 Å². The van der Waals surface area contributed by atoms with Crippen molar-refractivity contribution >= 4 is 26.6 Å². The fraction of sp³-hybridized carbons (Fsp3) is 0.474. The minimum atomic E-state index is -3.47. The van der Waals surface area contributed by atoms with Gasteiger partial charge in [-0.15, -0.1) is 0 Å². The van der Waals surface area contributed by atoms with Gasteiger partial charge in [-0.3, -0.25) is 9.78 Å². The fourth-order valence-electron chi connectivity index (χ4n) is 4.03. The van der Waals surface area contributed by atoms with E-state index in [2.05, 4.69) is 39.3 Å². The van der Waals surface area contributed by atoms with Crippen molar-refractivity contribution in [2.24, 2.45) is 7.05 Å². The van der Waals surface area contributed by atoms with Crippen LogP contribution in [0.25, 0.3) is 10.9 Å². The summed E-state index contributed by atoms with van der Waals surface area (Å²) >= 11 is 0. The van der Waals surface area contributed by atoms with E-state index < -0.39 is 10.0 Å². The van der Waals surface area contributed by atoms with Gasteiger partial charge in [-0.25, -0.2) is 8.42 Å². The first-order chi connectivity index (χ1) is 13.4. The Morgan fingerprint density at radius 2 is 2.04 bits per heavy atom. The molecule has 3 aromatic rings. The number of aromatic amines is 1. The Morgan fingerprint density at radius 1 is 1.29 bits per heavy atom. The molecule has 2 aromatic heterocycles. The van der Waals surface area contributed by atoms with Crippen molar-refractivity contribution in [2.45, 2.75) is 37.6 Å². The van der Waals surface area contributed by atoms with E-state index in [0.29, 0.717) is 19.1 Å². The van der Waals surface area contributed by atoms with Gasteiger partial charge >= 0.3 is 0 Å². The first kappa shape index (κ1) is 18.9. The van der Waals surface area contributed by atoms with E-state index in [-0.39, 0.29) is 4.90 Å². The first-order valence-electron chi connectivity index (χ1n) is 9.60. The van der Waals surface area contributed by atoms with E-state index in [0.717, 1.165) is 41.7 Å². The zero-order chi connectivity index (χ0) is 19.9. The average molecular weight is 403 g/mol. The Bertz CT molecular complexity index is 1080. The van der Waals surface area contributed by atoms with Crippen molar-refractivity contribution in [1.29, 1.82) is 0 Å². The standard InChI is InChI=1S/C19H26N6O2S/c1-4-25(16-5-6-19-18(11-16)14(2)21-22-19)15-7-9-24(10-8-15)28(26,27)17-12-20-23(3)13-17/h5-6,11-13,15H,4,7-10H2,1-3H3,(H,21,22). The molecule has 1 fully saturated rings. The number of benzene rings is 1. The number of H-pyrrole nitrogens is 1. The third kappa shape index (κ3) is 3.29. The van der Waals surface area contributed by atoms with Crippen LogP contribution in [0.4, 0.5) is 5.69 Å². The topological polar surface area (TPSA) is 87.1 Å². The molecule has 0 unspecified atom stereocenters. The smallest absolute Gasteiger partial charge is 0.246 e. The number of hydrogen-bond acceptors (Lipinski definition) is 5. The molecule has 8 nitrogen and oxygen atoms in total. The number of piperidine rings is 1. The minimum absolute atomic E-state index is 0.265. The van der Waals surface area contributed by atoms with Gasteiger partial charge in [0, 0.05) is 55.7 Å². The van der Waals surface area contributed by atoms with Crippen LogP contribution in [-0.2, 0) is 17.1 Å². The lowest BCUT2D eigenvalue weighted by molar-refractivity contribution is 0.311. The second-order valence-electron chi connectivity index (χ2n) is 7.32. The van der Waals surface area contributed by atoms with E-state index in [1.54, 1.807) is 17.5 Å². The molecule has 0 spiro atoms. The quantitative estimate of drug-likeness (QED) is 0.707. The molecule has 4 rings (SSSR count). The normalized spacial score (nSPS) is 16.7. The molecule has 1 saturated heterocycles. The van der Waals surface area contributed by atoms with Crippen LogP contribution >= 0.6 is 0 Å². The summed E-state index contributed by atoms with van der Waals surface area (Å²) in [4.78, 5) is 2.64. The number of rotatable bonds is 5. The summed E-state index contributed by atoms with van der Waals surface area (Å²) < 4.78 is 28.7. The molecule has 0 bridgehead atoms. The summed E-state index contributed by atoms with van der Waals surface area (Å²) in [5.74, 6) is 0. The van der Waals surface area contributed by atoms with Gasteiger partial charge in [-0.1, -0.05) is 0 Å². The number of aromatic nitrogens is 4. The Balaban J connectivity index is 1.50. The van der Waals surface area contributed by atoms with Crippen LogP contribution in [0.2, 0.25) is 0 Å². The largest absolute Gasteiger partial charge is 0.369 e. The van der Waals surface area contributed by atoms with E-state index in [1.807, 2.05) is 13.0 Å². The third-order valence-corrected chi connectivity index (χ3v) is 7.44. The number of hydrogen-bond donors (Lipinski definition) is 1. The number of nitrogens with one attached hydrogen (secondary N) is 1. The van der Waals surface area contributed by atoms with Gasteiger partial charge < -0.3 is 4.90 Å². The Labute approximate surface area is 165 Å². The molecular formula is C19H26N6O2S. The second-order valence-corrected chi connectivity index (χ2v) is 9.26. The van der Waals surface area contributed by atoms with Gasteiger partial charge in [-0.2, -0.15) is 14.5 Å². The Hall–Kier alpha value is -2.39. The summed E-state index contributed by atoms with van der Waals surface area (Å²) in [5, 5.41) is 12.5. The summed E-state index contributed by atoms with van der Waals surface area (Å²) in [7, 11) is -1.74. The highest BCUT2D eigenvalue weighted by Gasteiger charge is 2.32. The molecule has 28 heavy (non-hydrogen) atoms. The third-order valence-electron chi connectivity index (χ3n) is 5.58. The molecular weight excluding hydrogens is 376 g/mol. The molecule has 3 heterocycles. The molecule has 1 N–H and O–H groups in total. The van der Waals surface area contributed by atoms with Gasteiger partial charge in [0.1, 0.15) is 4.90 Å². The molecule has 1 aliphatic rings. The predicted molar refractivity (Wildman–Crippen MR) is 109 cm³/mol. The Kier molecular flexibility index (Phi) is 4.88. The summed E-state index contributed by atoms with van der Waals surface area (Å²) in [6.07, 6.45) is 4.58. The highest BCUT2D eigenvalue weighted by Crippen LogP contribution is 2.29. The van der Waals surface area contributed by atoms with Gasteiger partial charge in [0.2, 0.25) is 10.0 Å². The molecule has 1 aromatic carbocycles. The van der Waals surface area contributed by atoms with Crippen LogP contribution < -0.4 is 4.90 Å². The minimum Gasteiger partial charge on any atom is -0.369 e. The lowest BCUT2D eigenvalue weighted by Gasteiger charge is -2.38. The lowest BCUT2D eigenvalue weighted by atomic mass is 10.0. The lowest BCUT2D eigenvalue weighted by Crippen LogP contribution is -2.46. The maximum absolute atomic E-state index is 12.8. The number of sulfonamides is 1. The van der Waals surface area contributed by atoms with Crippen molar-refractivity contribution in [3.05, 3.63) is 36.3 Å². The molecule has 0 atom stereocenters. The summed E-state index contributed by atoms with van der Waals surface area (Å²) in [6, 6.07) is 6.63. The van der Waals surface area contributed by atoms with Crippen molar-refractivity contribution < 1.29 is 8.42 Å². The molecule has 9 heteroatoms. The van der Waals surface area contributed by atoms with Crippen LogP contribution in [-0.4, -0.2) is 58.4 Å². The van der Waals surface area contributed by atoms with Crippen LogP contribution in [0, 0.1) is 6.92 Å². The van der Waals surface area contributed by atoms with Crippen molar-refractivity contribution in [3.8, 4) is 0 Å². The highest BCUT2D eigenvalue weighted by atomic mass is 32.2. The number of fused-ring (bicyclic) bond motifs is 1. The first-order valence-corrected chi connectivity index (χ1v) is 11.0. The number of anilines is 1. The SMILES string of the molecule is CCN(c1ccc2n[nH]c(C)c2c1)C1CCN(S(=O)(=O)c2cnn(C)c2)CC1. The zero-order valence-corrected chi connectivity index (χ0v) is 17.3. The average Bonchev–Trinajstić information content (AvgIpc) is 3.29. The maximum Gasteiger partial charge on any atom is 0.246 e. The summed E-state index contributed by atoms with van der Waals surface area (Å²) in [6.45, 7) is 6.08. The number of aryl methyl sites for hydroxylation is 2. The van der Waals surface area contributed by atoms with Crippen molar-refractivity contribution in [1.82, 2.24) is 24.3 Å². The van der Waals surface area contributed by atoms with E-state index >= 15 is 0 Å². The van der Waals surface area contributed by atoms with Gasteiger partial charge in [0.25, 0.3) is 0 Å². The van der Waals surface area contributed by atoms with Crippen LogP contribution in [0.5, 0.6) is 0 Å². The van der Waals surface area contributed by atoms with Gasteiger partial charge in [0.05, 0.1) is 11.7 Å². The molecule has 1 aliphatic heterocycles. The Morgan fingerprint density at radius 3 is 2.68 bits per heavy atom. The van der Waals surface area contributed by atoms with Crippen LogP contribution in [0.3, 0.4) is 0 Å². The van der Waals surface area contributed by atoms with Gasteiger partial charge in [0.15, 0.2) is 0 Å². The van der Waals surface area contributed by atoms with Gasteiger partial charge in [-0.05, 0) is 44.9 Å². The molecule has 0 aliphatic carbocycles. The fourth-order valence-corrected chi connectivity index (χ4v) is 5.49. The maximum atomic E-state index is 12.8. The van der Waals surface area contributed by atoms with E-state index in [1.165, 1.54) is 10.9 Å². The highest BCUT2D eigenvalue weighted by molar-refractivity contribution is 7.89. The monoisotopic (exact) mass is 402 g/mol. The van der Waals surface area contributed by atoms with Crippen LogP contribution in [0.1, 0.15) is 25.5 Å². The zero-order valence-electron chi connectivity index (χ0n) is 16.5. The molecule has 0 radical (unpaired) electrons. The second kappa shape index (κ2) is 7.21. The predicted octanol–water partition coefficient (Wildman–Crippen LogP) is 2.28. The summed E-state index contributed by atoms with van der Waals surface area (Å²) in [5.41, 5.74) is 3.19. The van der Waals surface area contributed by atoms with E-state index in [4.69, 9.17) is 0 Å². The molecule has 0 saturated carbocycles. The van der Waals surface area contributed by atoms with E-state index in [9.17, 15) is 8.42 Å². The molecule has 0 amide bonds. The van der Waals surface area contributed by atoms with Crippen LogP contribution in [0.15, 0.2) is 35.5 Å². The number of nitrogens with zero attached hydrogens (tertiary/aromatic N) is 5. The molecule has 150 valence electrons. The van der Waals surface area contributed by atoms with Crippen molar-refractivity contribution in [2.75, 3.05) is 24.5 Å².